The van der Waals surface area contributed by atoms with Crippen LogP contribution in [0.25, 0.3) is 16.9 Å². The maximum atomic E-state index is 12.7. The highest BCUT2D eigenvalue weighted by molar-refractivity contribution is 5.95. The lowest BCUT2D eigenvalue weighted by Crippen LogP contribution is -2.29. The lowest BCUT2D eigenvalue weighted by atomic mass is 10.1. The molecule has 1 saturated heterocycles. The molecule has 3 aromatic rings. The molecular weight excluding hydrogens is 314 g/mol. The first-order valence-corrected chi connectivity index (χ1v) is 8.39. The van der Waals surface area contributed by atoms with Gasteiger partial charge in [0.25, 0.3) is 5.91 Å². The van der Waals surface area contributed by atoms with Gasteiger partial charge in [0, 0.05) is 24.2 Å². The molecule has 5 nitrogen and oxygen atoms in total. The fourth-order valence-electron chi connectivity index (χ4n) is 3.22. The number of amides is 1. The second kappa shape index (κ2) is 6.53. The van der Waals surface area contributed by atoms with Crippen molar-refractivity contribution in [2.75, 3.05) is 13.1 Å². The van der Waals surface area contributed by atoms with Crippen LogP contribution >= 0.6 is 0 Å². The highest BCUT2D eigenvalue weighted by atomic mass is 16.3. The highest BCUT2D eigenvalue weighted by Crippen LogP contribution is 2.23. The maximum absolute atomic E-state index is 12.7. The van der Waals surface area contributed by atoms with Gasteiger partial charge in [-0.15, -0.1) is 0 Å². The molecule has 2 heterocycles. The van der Waals surface area contributed by atoms with Gasteiger partial charge in [-0.05, 0) is 30.7 Å². The Morgan fingerprint density at radius 2 is 1.92 bits per heavy atom. The zero-order chi connectivity index (χ0) is 17.2. The first kappa shape index (κ1) is 15.6. The summed E-state index contributed by atoms with van der Waals surface area (Å²) in [4.78, 5) is 14.4. The minimum absolute atomic E-state index is 0.0492. The van der Waals surface area contributed by atoms with Crippen LogP contribution in [0.2, 0.25) is 0 Å². The van der Waals surface area contributed by atoms with Gasteiger partial charge in [-0.1, -0.05) is 36.4 Å². The summed E-state index contributed by atoms with van der Waals surface area (Å²) >= 11 is 0. The predicted octanol–water partition coefficient (Wildman–Crippen LogP) is 2.75. The molecule has 1 aromatic heterocycles. The average molecular weight is 333 g/mol. The lowest BCUT2D eigenvalue weighted by molar-refractivity contribution is 0.0765. The van der Waals surface area contributed by atoms with Crippen LogP contribution in [0.5, 0.6) is 0 Å². The van der Waals surface area contributed by atoms with Crippen LogP contribution in [-0.2, 0) is 0 Å². The van der Waals surface area contributed by atoms with Crippen molar-refractivity contribution in [2.24, 2.45) is 0 Å². The first-order valence-electron chi connectivity index (χ1n) is 8.39. The predicted molar refractivity (Wildman–Crippen MR) is 95.5 cm³/mol. The Kier molecular flexibility index (Phi) is 4.07. The Hall–Kier alpha value is -2.92. The van der Waals surface area contributed by atoms with E-state index in [0.29, 0.717) is 25.1 Å². The van der Waals surface area contributed by atoms with Crippen LogP contribution in [-0.4, -0.2) is 44.9 Å². The van der Waals surface area contributed by atoms with Crippen LogP contribution in [0.4, 0.5) is 0 Å². The SMILES string of the molecule is O=C(c1cccc(-n2nccc2-c2ccccc2)c1)N1CC[C@@H](O)C1. The van der Waals surface area contributed by atoms with Crippen molar-refractivity contribution < 1.29 is 9.90 Å². The molecule has 4 rings (SSSR count). The Morgan fingerprint density at radius 3 is 2.68 bits per heavy atom. The summed E-state index contributed by atoms with van der Waals surface area (Å²) in [7, 11) is 0. The molecule has 0 aliphatic carbocycles. The van der Waals surface area contributed by atoms with Crippen LogP contribution in [0, 0.1) is 0 Å². The topological polar surface area (TPSA) is 58.4 Å². The fraction of sp³-hybridized carbons (Fsp3) is 0.200. The molecule has 2 aromatic carbocycles. The third kappa shape index (κ3) is 3.06. The third-order valence-corrected chi connectivity index (χ3v) is 4.50. The van der Waals surface area contributed by atoms with Crippen LogP contribution < -0.4 is 0 Å². The molecule has 0 radical (unpaired) electrons. The van der Waals surface area contributed by atoms with Crippen molar-refractivity contribution in [1.29, 1.82) is 0 Å². The van der Waals surface area contributed by atoms with Gasteiger partial charge in [0.15, 0.2) is 0 Å². The van der Waals surface area contributed by atoms with E-state index in [1.807, 2.05) is 65.3 Å². The second-order valence-corrected chi connectivity index (χ2v) is 6.24. The molecule has 5 heteroatoms. The molecule has 1 N–H and O–H groups in total. The zero-order valence-corrected chi connectivity index (χ0v) is 13.7. The minimum Gasteiger partial charge on any atom is -0.391 e. The van der Waals surface area contributed by atoms with E-state index in [4.69, 9.17) is 0 Å². The summed E-state index contributed by atoms with van der Waals surface area (Å²) in [5.41, 5.74) is 3.50. The Labute approximate surface area is 146 Å². The molecule has 0 unspecified atom stereocenters. The van der Waals surface area contributed by atoms with Crippen molar-refractivity contribution in [1.82, 2.24) is 14.7 Å². The summed E-state index contributed by atoms with van der Waals surface area (Å²) in [5.74, 6) is -0.0492. The summed E-state index contributed by atoms with van der Waals surface area (Å²) < 4.78 is 1.84. The van der Waals surface area contributed by atoms with Gasteiger partial charge in [-0.2, -0.15) is 5.10 Å². The van der Waals surface area contributed by atoms with E-state index in [2.05, 4.69) is 5.10 Å². The van der Waals surface area contributed by atoms with Gasteiger partial charge in [0.1, 0.15) is 0 Å². The number of carbonyl (C=O) groups excluding carboxylic acids is 1. The molecule has 0 bridgehead atoms. The number of nitrogens with zero attached hydrogens (tertiary/aromatic N) is 3. The molecule has 1 amide bonds. The molecule has 0 spiro atoms. The van der Waals surface area contributed by atoms with E-state index >= 15 is 0 Å². The van der Waals surface area contributed by atoms with E-state index in [1.54, 1.807) is 11.1 Å². The number of carbonyl (C=O) groups is 1. The van der Waals surface area contributed by atoms with Crippen LogP contribution in [0.1, 0.15) is 16.8 Å². The van der Waals surface area contributed by atoms with Crippen molar-refractivity contribution in [3.8, 4) is 16.9 Å². The largest absolute Gasteiger partial charge is 0.391 e. The number of hydrogen-bond donors (Lipinski definition) is 1. The molecule has 1 aliphatic rings. The smallest absolute Gasteiger partial charge is 0.254 e. The Balaban J connectivity index is 1.67. The van der Waals surface area contributed by atoms with Crippen molar-refractivity contribution in [2.45, 2.75) is 12.5 Å². The van der Waals surface area contributed by atoms with Gasteiger partial charge < -0.3 is 10.0 Å². The number of rotatable bonds is 3. The van der Waals surface area contributed by atoms with E-state index in [9.17, 15) is 9.90 Å². The van der Waals surface area contributed by atoms with E-state index in [1.165, 1.54) is 0 Å². The fourth-order valence-corrected chi connectivity index (χ4v) is 3.22. The first-order chi connectivity index (χ1) is 12.2. The monoisotopic (exact) mass is 333 g/mol. The van der Waals surface area contributed by atoms with Gasteiger partial charge in [0.2, 0.25) is 0 Å². The minimum atomic E-state index is -0.414. The van der Waals surface area contributed by atoms with Crippen molar-refractivity contribution in [3.05, 3.63) is 72.4 Å². The average Bonchev–Trinajstić information content (AvgIpc) is 3.31. The second-order valence-electron chi connectivity index (χ2n) is 6.24. The normalized spacial score (nSPS) is 17.0. The van der Waals surface area contributed by atoms with Gasteiger partial charge in [-0.3, -0.25) is 4.79 Å². The number of likely N-dealkylation sites (tertiary alicyclic amines) is 1. The molecule has 0 saturated carbocycles. The van der Waals surface area contributed by atoms with Crippen molar-refractivity contribution in [3.63, 3.8) is 0 Å². The van der Waals surface area contributed by atoms with Crippen molar-refractivity contribution >= 4 is 5.91 Å². The molecule has 1 atom stereocenters. The third-order valence-electron chi connectivity index (χ3n) is 4.50. The van der Waals surface area contributed by atoms with Gasteiger partial charge in [-0.25, -0.2) is 4.68 Å². The number of benzene rings is 2. The van der Waals surface area contributed by atoms with Gasteiger partial charge in [0.05, 0.1) is 23.7 Å². The zero-order valence-electron chi connectivity index (χ0n) is 13.7. The van der Waals surface area contributed by atoms with E-state index < -0.39 is 6.10 Å². The lowest BCUT2D eigenvalue weighted by Gasteiger charge is -2.16. The molecule has 1 aliphatic heterocycles. The number of aromatic nitrogens is 2. The number of aliphatic hydroxyl groups is 1. The summed E-state index contributed by atoms with van der Waals surface area (Å²) in [6.07, 6.45) is 1.99. The Morgan fingerprint density at radius 1 is 1.08 bits per heavy atom. The summed E-state index contributed by atoms with van der Waals surface area (Å²) in [5, 5.41) is 14.1. The van der Waals surface area contributed by atoms with Crippen LogP contribution in [0.15, 0.2) is 66.9 Å². The quantitative estimate of drug-likeness (QED) is 0.802. The van der Waals surface area contributed by atoms with E-state index in [-0.39, 0.29) is 5.91 Å². The number of aliphatic hydroxyl groups excluding tert-OH is 1. The molecule has 25 heavy (non-hydrogen) atoms. The maximum Gasteiger partial charge on any atom is 0.254 e. The highest BCUT2D eigenvalue weighted by Gasteiger charge is 2.25. The number of hydrogen-bond acceptors (Lipinski definition) is 3. The van der Waals surface area contributed by atoms with E-state index in [0.717, 1.165) is 16.9 Å². The Bertz CT molecular complexity index is 889. The number of β-amino-alcohol motifs (C(OH)–C–C–N with tert-alkyl or cyclic N) is 1. The summed E-state index contributed by atoms with van der Waals surface area (Å²) in [6, 6.07) is 19.5. The van der Waals surface area contributed by atoms with Gasteiger partial charge >= 0.3 is 0 Å². The van der Waals surface area contributed by atoms with Crippen LogP contribution in [0.3, 0.4) is 0 Å². The standard InChI is InChI=1S/C20H19N3O2/c24-18-10-12-22(14-18)20(25)16-7-4-8-17(13-16)23-19(9-11-21-23)15-5-2-1-3-6-15/h1-9,11,13,18,24H,10,12,14H2/t18-/m1/s1. The molecule has 126 valence electrons. The summed E-state index contributed by atoms with van der Waals surface area (Å²) in [6.45, 7) is 1.00. The molecular formula is C20H19N3O2. The molecule has 1 fully saturated rings.